The summed E-state index contributed by atoms with van der Waals surface area (Å²) in [5.74, 6) is 1.17. The number of hydrogen-bond acceptors (Lipinski definition) is 6. The minimum Gasteiger partial charge on any atom is -0.431 e. The van der Waals surface area contributed by atoms with Gasteiger partial charge in [-0.3, -0.25) is 10.1 Å². The first-order valence-electron chi connectivity index (χ1n) is 6.60. The van der Waals surface area contributed by atoms with Gasteiger partial charge in [0.05, 0.1) is 10.5 Å². The molecule has 1 aromatic heterocycles. The largest absolute Gasteiger partial charge is 0.431 e. The SMILES string of the molecule is CCCc1c(NC)ncnc1Oc1ccccc1[N+](=O)[O-]. The Labute approximate surface area is 122 Å². The summed E-state index contributed by atoms with van der Waals surface area (Å²) < 4.78 is 5.66. The number of nitrogens with one attached hydrogen (secondary N) is 1. The van der Waals surface area contributed by atoms with Crippen LogP contribution in [-0.2, 0) is 6.42 Å². The van der Waals surface area contributed by atoms with E-state index in [2.05, 4.69) is 15.3 Å². The van der Waals surface area contributed by atoms with Crippen molar-refractivity contribution in [3.63, 3.8) is 0 Å². The van der Waals surface area contributed by atoms with Gasteiger partial charge >= 0.3 is 5.69 Å². The summed E-state index contributed by atoms with van der Waals surface area (Å²) >= 11 is 0. The van der Waals surface area contributed by atoms with Gasteiger partial charge in [0, 0.05) is 13.1 Å². The van der Waals surface area contributed by atoms with E-state index in [1.165, 1.54) is 12.4 Å². The fraction of sp³-hybridized carbons (Fsp3) is 0.286. The summed E-state index contributed by atoms with van der Waals surface area (Å²) in [6.45, 7) is 2.03. The number of para-hydroxylation sites is 2. The lowest BCUT2D eigenvalue weighted by Crippen LogP contribution is -2.04. The van der Waals surface area contributed by atoms with Crippen molar-refractivity contribution in [1.29, 1.82) is 0 Å². The summed E-state index contributed by atoms with van der Waals surface area (Å²) in [5.41, 5.74) is 0.713. The van der Waals surface area contributed by atoms with Crippen molar-refractivity contribution in [1.82, 2.24) is 9.97 Å². The normalized spacial score (nSPS) is 10.2. The highest BCUT2D eigenvalue weighted by molar-refractivity contribution is 5.52. The van der Waals surface area contributed by atoms with Crippen molar-refractivity contribution >= 4 is 11.5 Å². The Bertz CT molecular complexity index is 646. The zero-order valence-electron chi connectivity index (χ0n) is 11.9. The number of anilines is 1. The quantitative estimate of drug-likeness (QED) is 0.648. The van der Waals surface area contributed by atoms with Crippen molar-refractivity contribution in [2.24, 2.45) is 0 Å². The molecule has 0 unspecified atom stereocenters. The van der Waals surface area contributed by atoms with Crippen LogP contribution in [0.3, 0.4) is 0 Å². The second kappa shape index (κ2) is 6.65. The third-order valence-corrected chi connectivity index (χ3v) is 2.91. The summed E-state index contributed by atoms with van der Waals surface area (Å²) in [4.78, 5) is 18.8. The molecule has 0 atom stereocenters. The molecule has 7 heteroatoms. The van der Waals surface area contributed by atoms with Gasteiger partial charge in [0.1, 0.15) is 12.1 Å². The Hall–Kier alpha value is -2.70. The van der Waals surface area contributed by atoms with Gasteiger partial charge in [-0.25, -0.2) is 9.97 Å². The molecule has 0 radical (unpaired) electrons. The Kier molecular flexibility index (Phi) is 4.65. The standard InChI is InChI=1S/C14H16N4O3/c1-3-6-10-13(15-2)16-9-17-14(10)21-12-8-5-4-7-11(12)18(19)20/h4-5,7-9H,3,6H2,1-2H3,(H,15,16,17). The van der Waals surface area contributed by atoms with Crippen molar-refractivity contribution < 1.29 is 9.66 Å². The average molecular weight is 288 g/mol. The lowest BCUT2D eigenvalue weighted by atomic mass is 10.1. The van der Waals surface area contributed by atoms with Crippen LogP contribution in [0.25, 0.3) is 0 Å². The van der Waals surface area contributed by atoms with E-state index in [4.69, 9.17) is 4.74 Å². The van der Waals surface area contributed by atoms with Gasteiger partial charge < -0.3 is 10.1 Å². The molecule has 7 nitrogen and oxygen atoms in total. The Balaban J connectivity index is 2.42. The second-order valence-corrected chi connectivity index (χ2v) is 4.33. The number of benzene rings is 1. The van der Waals surface area contributed by atoms with Crippen LogP contribution in [0.15, 0.2) is 30.6 Å². The number of nitro groups is 1. The molecule has 0 aliphatic carbocycles. The third kappa shape index (κ3) is 3.25. The first-order chi connectivity index (χ1) is 10.2. The van der Waals surface area contributed by atoms with Gasteiger partial charge in [0.15, 0.2) is 0 Å². The highest BCUT2D eigenvalue weighted by atomic mass is 16.6. The fourth-order valence-corrected chi connectivity index (χ4v) is 1.97. The molecular weight excluding hydrogens is 272 g/mol. The molecule has 110 valence electrons. The lowest BCUT2D eigenvalue weighted by molar-refractivity contribution is -0.385. The van der Waals surface area contributed by atoms with E-state index >= 15 is 0 Å². The number of nitrogens with zero attached hydrogens (tertiary/aromatic N) is 3. The zero-order valence-corrected chi connectivity index (χ0v) is 11.9. The van der Waals surface area contributed by atoms with E-state index in [1.807, 2.05) is 6.92 Å². The van der Waals surface area contributed by atoms with Crippen LogP contribution in [0.1, 0.15) is 18.9 Å². The van der Waals surface area contributed by atoms with E-state index in [-0.39, 0.29) is 11.4 Å². The Morgan fingerprint density at radius 3 is 2.76 bits per heavy atom. The number of hydrogen-bond donors (Lipinski definition) is 1. The molecule has 1 aromatic carbocycles. The molecule has 2 rings (SSSR count). The van der Waals surface area contributed by atoms with Crippen LogP contribution in [0.4, 0.5) is 11.5 Å². The minimum atomic E-state index is -0.477. The molecule has 2 aromatic rings. The Morgan fingerprint density at radius 1 is 1.33 bits per heavy atom. The molecule has 21 heavy (non-hydrogen) atoms. The van der Waals surface area contributed by atoms with Crippen LogP contribution in [0, 0.1) is 10.1 Å². The van der Waals surface area contributed by atoms with Gasteiger partial charge in [-0.05, 0) is 12.5 Å². The maximum absolute atomic E-state index is 11.0. The Morgan fingerprint density at radius 2 is 2.10 bits per heavy atom. The van der Waals surface area contributed by atoms with E-state index in [0.717, 1.165) is 12.0 Å². The molecule has 0 spiro atoms. The van der Waals surface area contributed by atoms with Crippen molar-refractivity contribution in [3.05, 3.63) is 46.3 Å². The van der Waals surface area contributed by atoms with Crippen LogP contribution < -0.4 is 10.1 Å². The van der Waals surface area contributed by atoms with Crippen molar-refractivity contribution in [3.8, 4) is 11.6 Å². The van der Waals surface area contributed by atoms with Crippen molar-refractivity contribution in [2.45, 2.75) is 19.8 Å². The van der Waals surface area contributed by atoms with Gasteiger partial charge in [0.25, 0.3) is 0 Å². The van der Waals surface area contributed by atoms with Crippen LogP contribution in [0.2, 0.25) is 0 Å². The highest BCUT2D eigenvalue weighted by Crippen LogP contribution is 2.33. The zero-order chi connectivity index (χ0) is 15.2. The molecule has 1 heterocycles. The molecule has 0 aliphatic heterocycles. The molecule has 1 N–H and O–H groups in total. The number of nitro benzene ring substituents is 1. The fourth-order valence-electron chi connectivity index (χ4n) is 1.97. The second-order valence-electron chi connectivity index (χ2n) is 4.33. The van der Waals surface area contributed by atoms with Gasteiger partial charge in [-0.1, -0.05) is 25.5 Å². The van der Waals surface area contributed by atoms with E-state index in [0.29, 0.717) is 18.1 Å². The average Bonchev–Trinajstić information content (AvgIpc) is 2.49. The van der Waals surface area contributed by atoms with E-state index < -0.39 is 4.92 Å². The summed E-state index contributed by atoms with van der Waals surface area (Å²) in [6, 6.07) is 6.23. The smallest absolute Gasteiger partial charge is 0.311 e. The summed E-state index contributed by atoms with van der Waals surface area (Å²) in [6.07, 6.45) is 2.97. The highest BCUT2D eigenvalue weighted by Gasteiger charge is 2.18. The third-order valence-electron chi connectivity index (χ3n) is 2.91. The van der Waals surface area contributed by atoms with Gasteiger partial charge in [-0.15, -0.1) is 0 Å². The number of rotatable bonds is 6. The monoisotopic (exact) mass is 288 g/mol. The van der Waals surface area contributed by atoms with Crippen LogP contribution >= 0.6 is 0 Å². The minimum absolute atomic E-state index is 0.0930. The van der Waals surface area contributed by atoms with E-state index in [1.54, 1.807) is 25.2 Å². The number of ether oxygens (including phenoxy) is 1. The van der Waals surface area contributed by atoms with Crippen LogP contribution in [-0.4, -0.2) is 21.9 Å². The molecule has 0 bridgehead atoms. The lowest BCUT2D eigenvalue weighted by Gasteiger charge is -2.12. The van der Waals surface area contributed by atoms with Gasteiger partial charge in [-0.2, -0.15) is 0 Å². The van der Waals surface area contributed by atoms with E-state index in [9.17, 15) is 10.1 Å². The molecular formula is C14H16N4O3. The first-order valence-corrected chi connectivity index (χ1v) is 6.60. The predicted molar refractivity (Wildman–Crippen MR) is 78.7 cm³/mol. The molecule has 0 fully saturated rings. The van der Waals surface area contributed by atoms with Crippen molar-refractivity contribution in [2.75, 3.05) is 12.4 Å². The molecule has 0 saturated heterocycles. The topological polar surface area (TPSA) is 90.2 Å². The first kappa shape index (κ1) is 14.7. The van der Waals surface area contributed by atoms with Gasteiger partial charge in [0.2, 0.25) is 11.6 Å². The number of aromatic nitrogens is 2. The summed E-state index contributed by atoms with van der Waals surface area (Å²) in [7, 11) is 1.76. The molecule has 0 saturated carbocycles. The predicted octanol–water partition coefficient (Wildman–Crippen LogP) is 3.17. The summed E-state index contributed by atoms with van der Waals surface area (Å²) in [5, 5.41) is 14.0. The molecule has 0 amide bonds. The maximum atomic E-state index is 11.0. The molecule has 0 aliphatic rings. The van der Waals surface area contributed by atoms with Crippen LogP contribution in [0.5, 0.6) is 11.6 Å². The maximum Gasteiger partial charge on any atom is 0.311 e.